The summed E-state index contributed by atoms with van der Waals surface area (Å²) < 4.78 is 11.0. The molecule has 0 unspecified atom stereocenters. The summed E-state index contributed by atoms with van der Waals surface area (Å²) in [5, 5.41) is 3.36. The summed E-state index contributed by atoms with van der Waals surface area (Å²) in [6.07, 6.45) is 5.59. The van der Waals surface area contributed by atoms with Gasteiger partial charge in [0.05, 0.1) is 19.6 Å². The molecule has 1 saturated heterocycles. The van der Waals surface area contributed by atoms with Crippen molar-refractivity contribution < 1.29 is 14.3 Å². The van der Waals surface area contributed by atoms with Crippen LogP contribution in [0.4, 0.5) is 0 Å². The van der Waals surface area contributed by atoms with Crippen LogP contribution in [0.5, 0.6) is 5.75 Å². The summed E-state index contributed by atoms with van der Waals surface area (Å²) in [6, 6.07) is 8.35. The molecule has 4 rings (SSSR count). The van der Waals surface area contributed by atoms with Gasteiger partial charge < -0.3 is 14.8 Å². The number of carbonyl (C=O) groups excluding carboxylic acids is 1. The minimum Gasteiger partial charge on any atom is -0.490 e. The third-order valence-corrected chi connectivity index (χ3v) is 5.72. The van der Waals surface area contributed by atoms with E-state index in [2.05, 4.69) is 23.5 Å². The average Bonchev–Trinajstić information content (AvgIpc) is 3.30. The molecule has 3 fully saturated rings. The second-order valence-corrected chi connectivity index (χ2v) is 7.55. The Morgan fingerprint density at radius 1 is 1.35 bits per heavy atom. The van der Waals surface area contributed by atoms with E-state index in [1.165, 1.54) is 38.4 Å². The third kappa shape index (κ3) is 3.09. The van der Waals surface area contributed by atoms with Crippen molar-refractivity contribution in [2.45, 2.75) is 44.1 Å². The molecule has 1 spiro atoms. The molecule has 3 aliphatic rings. The Hall–Kier alpha value is -1.55. The molecule has 2 saturated carbocycles. The van der Waals surface area contributed by atoms with Crippen molar-refractivity contribution in [1.82, 2.24) is 5.32 Å². The quantitative estimate of drug-likeness (QED) is 0.820. The van der Waals surface area contributed by atoms with Gasteiger partial charge in [-0.2, -0.15) is 0 Å². The summed E-state index contributed by atoms with van der Waals surface area (Å²) in [7, 11) is 1.47. The first-order valence-corrected chi connectivity index (χ1v) is 8.72. The molecule has 1 heterocycles. The first kappa shape index (κ1) is 15.0. The van der Waals surface area contributed by atoms with Crippen LogP contribution in [-0.2, 0) is 9.53 Å². The number of esters is 1. The maximum absolute atomic E-state index is 11.7. The van der Waals surface area contributed by atoms with E-state index in [1.54, 1.807) is 0 Å². The number of hydrogen-bond acceptors (Lipinski definition) is 4. The molecule has 0 aromatic heterocycles. The minimum absolute atomic E-state index is 0.119. The van der Waals surface area contributed by atoms with Gasteiger partial charge in [-0.1, -0.05) is 12.1 Å². The molecule has 4 nitrogen and oxygen atoms in total. The lowest BCUT2D eigenvalue weighted by atomic mass is 9.63. The average molecular weight is 315 g/mol. The first-order chi connectivity index (χ1) is 11.2. The Morgan fingerprint density at radius 3 is 2.74 bits per heavy atom. The van der Waals surface area contributed by atoms with E-state index in [0.29, 0.717) is 23.9 Å². The maximum Gasteiger partial charge on any atom is 0.306 e. The number of methoxy groups -OCH3 is 1. The van der Waals surface area contributed by atoms with Gasteiger partial charge in [0.15, 0.2) is 0 Å². The zero-order chi connectivity index (χ0) is 15.9. The van der Waals surface area contributed by atoms with Crippen molar-refractivity contribution in [3.8, 4) is 5.75 Å². The Balaban J connectivity index is 1.41. The number of benzene rings is 1. The van der Waals surface area contributed by atoms with Gasteiger partial charge in [-0.25, -0.2) is 0 Å². The van der Waals surface area contributed by atoms with Gasteiger partial charge in [-0.15, -0.1) is 0 Å². The molecule has 0 radical (unpaired) electrons. The van der Waals surface area contributed by atoms with Crippen molar-refractivity contribution in [3.63, 3.8) is 0 Å². The van der Waals surface area contributed by atoms with Crippen LogP contribution in [-0.4, -0.2) is 32.3 Å². The van der Waals surface area contributed by atoms with E-state index in [9.17, 15) is 4.79 Å². The molecule has 1 aromatic carbocycles. The molecular weight excluding hydrogens is 290 g/mol. The van der Waals surface area contributed by atoms with Gasteiger partial charge in [-0.05, 0) is 55.2 Å². The topological polar surface area (TPSA) is 47.6 Å². The fourth-order valence-electron chi connectivity index (χ4n) is 4.09. The maximum atomic E-state index is 11.7. The normalized spacial score (nSPS) is 23.7. The van der Waals surface area contributed by atoms with Crippen LogP contribution in [0.25, 0.3) is 0 Å². The van der Waals surface area contributed by atoms with Crippen LogP contribution in [0, 0.1) is 11.3 Å². The summed E-state index contributed by atoms with van der Waals surface area (Å²) >= 11 is 0. The van der Waals surface area contributed by atoms with E-state index in [-0.39, 0.29) is 11.9 Å². The van der Waals surface area contributed by atoms with E-state index >= 15 is 0 Å². The van der Waals surface area contributed by atoms with Crippen LogP contribution in [0.1, 0.15) is 43.6 Å². The molecule has 0 bridgehead atoms. The number of ether oxygens (including phenoxy) is 2. The molecule has 124 valence electrons. The molecule has 1 atom stereocenters. The van der Waals surface area contributed by atoms with Gasteiger partial charge in [-0.3, -0.25) is 4.79 Å². The molecule has 2 aliphatic carbocycles. The summed E-state index contributed by atoms with van der Waals surface area (Å²) in [6.45, 7) is 2.30. The molecule has 1 aliphatic heterocycles. The molecule has 1 N–H and O–H groups in total. The van der Waals surface area contributed by atoms with Crippen molar-refractivity contribution in [1.29, 1.82) is 0 Å². The van der Waals surface area contributed by atoms with Gasteiger partial charge in [0.1, 0.15) is 5.75 Å². The Kier molecular flexibility index (Phi) is 3.80. The standard InChI is InChI=1S/C19H25NO3/c1-22-18(21)8-17(13-5-6-13)14-3-2-4-15(7-14)23-16-9-19(10-16)11-20-12-19/h2-4,7,13,16-17,20H,5-6,8-12H2,1H3/t17-/m0/s1. The second-order valence-electron chi connectivity index (χ2n) is 7.55. The predicted molar refractivity (Wildman–Crippen MR) is 87.5 cm³/mol. The van der Waals surface area contributed by atoms with Gasteiger partial charge in [0, 0.05) is 18.5 Å². The summed E-state index contributed by atoms with van der Waals surface area (Å²) in [4.78, 5) is 11.7. The largest absolute Gasteiger partial charge is 0.490 e. The van der Waals surface area contributed by atoms with Crippen molar-refractivity contribution >= 4 is 5.97 Å². The van der Waals surface area contributed by atoms with Gasteiger partial charge in [0.25, 0.3) is 0 Å². The zero-order valence-corrected chi connectivity index (χ0v) is 13.7. The van der Waals surface area contributed by atoms with E-state index < -0.39 is 0 Å². The SMILES string of the molecule is COC(=O)C[C@H](c1cccc(OC2CC3(CNC3)C2)c1)C1CC1. The smallest absolute Gasteiger partial charge is 0.306 e. The van der Waals surface area contributed by atoms with Crippen molar-refractivity contribution in [2.75, 3.05) is 20.2 Å². The minimum atomic E-state index is -0.119. The highest BCUT2D eigenvalue weighted by atomic mass is 16.5. The van der Waals surface area contributed by atoms with Crippen LogP contribution >= 0.6 is 0 Å². The molecule has 23 heavy (non-hydrogen) atoms. The molecule has 1 aromatic rings. The monoisotopic (exact) mass is 315 g/mol. The lowest BCUT2D eigenvalue weighted by Gasteiger charge is -2.53. The Labute approximate surface area is 137 Å². The Morgan fingerprint density at radius 2 is 2.13 bits per heavy atom. The van der Waals surface area contributed by atoms with Crippen LogP contribution in [0.3, 0.4) is 0 Å². The second kappa shape index (κ2) is 5.82. The van der Waals surface area contributed by atoms with E-state index in [4.69, 9.17) is 9.47 Å². The molecule has 0 amide bonds. The third-order valence-electron chi connectivity index (χ3n) is 5.72. The summed E-state index contributed by atoms with van der Waals surface area (Å²) in [5.74, 6) is 1.73. The van der Waals surface area contributed by atoms with Crippen molar-refractivity contribution in [2.24, 2.45) is 11.3 Å². The summed E-state index contributed by atoms with van der Waals surface area (Å²) in [5.41, 5.74) is 1.75. The lowest BCUT2D eigenvalue weighted by molar-refractivity contribution is -0.141. The zero-order valence-electron chi connectivity index (χ0n) is 13.7. The van der Waals surface area contributed by atoms with E-state index in [0.717, 1.165) is 18.8 Å². The van der Waals surface area contributed by atoms with Gasteiger partial charge in [0.2, 0.25) is 0 Å². The van der Waals surface area contributed by atoms with Crippen LogP contribution in [0.2, 0.25) is 0 Å². The molecule has 4 heteroatoms. The predicted octanol–water partition coefficient (Wildman–Crippen LogP) is 2.87. The van der Waals surface area contributed by atoms with Gasteiger partial charge >= 0.3 is 5.97 Å². The van der Waals surface area contributed by atoms with Crippen molar-refractivity contribution in [3.05, 3.63) is 29.8 Å². The Bertz CT molecular complexity index is 584. The number of hydrogen-bond donors (Lipinski definition) is 1. The first-order valence-electron chi connectivity index (χ1n) is 8.72. The number of carbonyl (C=O) groups is 1. The number of rotatable bonds is 6. The highest BCUT2D eigenvalue weighted by molar-refractivity contribution is 5.70. The van der Waals surface area contributed by atoms with Crippen LogP contribution < -0.4 is 10.1 Å². The molecular formula is C19H25NO3. The fourth-order valence-corrected chi connectivity index (χ4v) is 4.09. The lowest BCUT2D eigenvalue weighted by Crippen LogP contribution is -2.62. The van der Waals surface area contributed by atoms with Crippen LogP contribution in [0.15, 0.2) is 24.3 Å². The highest BCUT2D eigenvalue weighted by Crippen LogP contribution is 2.47. The highest BCUT2D eigenvalue weighted by Gasteiger charge is 2.49. The van der Waals surface area contributed by atoms with E-state index in [1.807, 2.05) is 6.07 Å². The fraction of sp³-hybridized carbons (Fsp3) is 0.632. The number of nitrogens with one attached hydrogen (secondary N) is 1.